The van der Waals surface area contributed by atoms with Gasteiger partial charge in [0, 0.05) is 18.6 Å². The average Bonchev–Trinajstić information content (AvgIpc) is 2.95. The molecule has 0 amide bonds. The number of hydrogen-bond donors (Lipinski definition) is 0. The zero-order valence-corrected chi connectivity index (χ0v) is 11.8. The maximum absolute atomic E-state index is 11.4. The van der Waals surface area contributed by atoms with E-state index in [2.05, 4.69) is 14.2 Å². The maximum atomic E-state index is 11.4. The smallest absolute Gasteiger partial charge is 0.351 e. The number of rotatable bonds is 6. The Morgan fingerprint density at radius 3 is 2.24 bits per heavy atom. The zero-order valence-electron chi connectivity index (χ0n) is 11.8. The third-order valence-corrected chi connectivity index (χ3v) is 3.05. The molecular formula is C14H18O7. The summed E-state index contributed by atoms with van der Waals surface area (Å²) in [7, 11) is 1.16. The first-order valence-electron chi connectivity index (χ1n) is 6.67. The van der Waals surface area contributed by atoms with Crippen LogP contribution in [-0.2, 0) is 33.4 Å². The molecule has 0 aliphatic heterocycles. The standard InChI is InChI=1S/C14H18O7/c1-19-11(15)6-7-12(16)20-9-14(18)21-13(17)8-10-4-2-3-5-10/h6-7,10H,2-5,8-9H2,1H3/b7-6+. The zero-order chi connectivity index (χ0) is 15.7. The quantitative estimate of drug-likeness (QED) is 0.311. The summed E-state index contributed by atoms with van der Waals surface area (Å²) in [5.74, 6) is -2.89. The number of ether oxygens (including phenoxy) is 3. The molecule has 0 aromatic rings. The first kappa shape index (κ1) is 16.9. The first-order chi connectivity index (χ1) is 10.0. The summed E-state index contributed by atoms with van der Waals surface area (Å²) in [5.41, 5.74) is 0. The molecule has 1 aliphatic rings. The van der Waals surface area contributed by atoms with Crippen LogP contribution in [0.25, 0.3) is 0 Å². The topological polar surface area (TPSA) is 96.0 Å². The molecule has 116 valence electrons. The van der Waals surface area contributed by atoms with Gasteiger partial charge < -0.3 is 14.2 Å². The Balaban J connectivity index is 2.20. The molecule has 1 aliphatic carbocycles. The molecule has 1 rings (SSSR count). The minimum atomic E-state index is -0.933. The van der Waals surface area contributed by atoms with Crippen LogP contribution >= 0.6 is 0 Å². The highest BCUT2D eigenvalue weighted by atomic mass is 16.6. The molecule has 0 N–H and O–H groups in total. The summed E-state index contributed by atoms with van der Waals surface area (Å²) in [6, 6.07) is 0. The highest BCUT2D eigenvalue weighted by Crippen LogP contribution is 2.27. The van der Waals surface area contributed by atoms with Gasteiger partial charge in [-0.25, -0.2) is 14.4 Å². The Labute approximate surface area is 122 Å². The van der Waals surface area contributed by atoms with Crippen molar-refractivity contribution in [3.8, 4) is 0 Å². The van der Waals surface area contributed by atoms with E-state index in [1.165, 1.54) is 0 Å². The Bertz CT molecular complexity index is 433. The average molecular weight is 298 g/mol. The number of hydrogen-bond acceptors (Lipinski definition) is 7. The lowest BCUT2D eigenvalue weighted by Gasteiger charge is -2.07. The van der Waals surface area contributed by atoms with Crippen molar-refractivity contribution in [2.45, 2.75) is 32.1 Å². The molecule has 0 bridgehead atoms. The van der Waals surface area contributed by atoms with Crippen LogP contribution in [0.2, 0.25) is 0 Å². The second kappa shape index (κ2) is 8.89. The summed E-state index contributed by atoms with van der Waals surface area (Å²) in [4.78, 5) is 44.6. The van der Waals surface area contributed by atoms with Crippen molar-refractivity contribution in [3.63, 3.8) is 0 Å². The predicted octanol–water partition coefficient (Wildman–Crippen LogP) is 0.909. The third kappa shape index (κ3) is 7.24. The molecule has 1 saturated carbocycles. The van der Waals surface area contributed by atoms with E-state index in [0.29, 0.717) is 0 Å². The van der Waals surface area contributed by atoms with Crippen molar-refractivity contribution < 1.29 is 33.4 Å². The van der Waals surface area contributed by atoms with E-state index in [1.54, 1.807) is 0 Å². The summed E-state index contributed by atoms with van der Waals surface area (Å²) in [6.07, 6.45) is 6.01. The van der Waals surface area contributed by atoms with Crippen molar-refractivity contribution in [2.24, 2.45) is 5.92 Å². The monoisotopic (exact) mass is 298 g/mol. The Hall–Kier alpha value is -2.18. The van der Waals surface area contributed by atoms with Gasteiger partial charge in [0.1, 0.15) is 0 Å². The van der Waals surface area contributed by atoms with Crippen LogP contribution in [0.15, 0.2) is 12.2 Å². The molecular weight excluding hydrogens is 280 g/mol. The second-order valence-corrected chi connectivity index (χ2v) is 4.66. The lowest BCUT2D eigenvalue weighted by atomic mass is 10.1. The van der Waals surface area contributed by atoms with Gasteiger partial charge in [0.2, 0.25) is 0 Å². The van der Waals surface area contributed by atoms with E-state index >= 15 is 0 Å². The summed E-state index contributed by atoms with van der Waals surface area (Å²) in [6.45, 7) is -0.680. The molecule has 0 radical (unpaired) electrons. The molecule has 7 nitrogen and oxygen atoms in total. The van der Waals surface area contributed by atoms with Crippen molar-refractivity contribution in [2.75, 3.05) is 13.7 Å². The maximum Gasteiger partial charge on any atom is 0.351 e. The number of carbonyl (C=O) groups excluding carboxylic acids is 4. The van der Waals surface area contributed by atoms with Crippen LogP contribution in [0.4, 0.5) is 0 Å². The van der Waals surface area contributed by atoms with E-state index in [9.17, 15) is 19.2 Å². The number of esters is 4. The molecule has 0 aromatic heterocycles. The van der Waals surface area contributed by atoms with Gasteiger partial charge in [0.05, 0.1) is 7.11 Å². The van der Waals surface area contributed by atoms with Gasteiger partial charge in [-0.05, 0) is 18.8 Å². The van der Waals surface area contributed by atoms with Crippen LogP contribution < -0.4 is 0 Å². The fraction of sp³-hybridized carbons (Fsp3) is 0.571. The van der Waals surface area contributed by atoms with Gasteiger partial charge in [-0.3, -0.25) is 4.79 Å². The number of methoxy groups -OCH3 is 1. The number of carbonyl (C=O) groups is 4. The SMILES string of the molecule is COC(=O)/C=C/C(=O)OCC(=O)OC(=O)CC1CCCC1. The molecule has 0 unspecified atom stereocenters. The van der Waals surface area contributed by atoms with Gasteiger partial charge in [-0.2, -0.15) is 0 Å². The molecule has 0 aromatic carbocycles. The summed E-state index contributed by atoms with van der Waals surface area (Å²) >= 11 is 0. The second-order valence-electron chi connectivity index (χ2n) is 4.66. The molecule has 0 heterocycles. The van der Waals surface area contributed by atoms with E-state index in [-0.39, 0.29) is 12.3 Å². The molecule has 1 fully saturated rings. The fourth-order valence-electron chi connectivity index (χ4n) is 2.03. The van der Waals surface area contributed by atoms with Crippen molar-refractivity contribution in [3.05, 3.63) is 12.2 Å². The van der Waals surface area contributed by atoms with Crippen LogP contribution in [0.5, 0.6) is 0 Å². The minimum Gasteiger partial charge on any atom is -0.466 e. The normalized spacial score (nSPS) is 14.9. The van der Waals surface area contributed by atoms with Gasteiger partial charge in [0.25, 0.3) is 0 Å². The highest BCUT2D eigenvalue weighted by molar-refractivity contribution is 5.93. The third-order valence-electron chi connectivity index (χ3n) is 3.05. The van der Waals surface area contributed by atoms with Crippen LogP contribution in [0, 0.1) is 5.92 Å². The molecule has 7 heteroatoms. The Morgan fingerprint density at radius 1 is 1.00 bits per heavy atom. The summed E-state index contributed by atoms with van der Waals surface area (Å²) < 4.78 is 13.3. The Kier molecular flexibility index (Phi) is 7.14. The lowest BCUT2D eigenvalue weighted by Crippen LogP contribution is -2.20. The highest BCUT2D eigenvalue weighted by Gasteiger charge is 2.21. The lowest BCUT2D eigenvalue weighted by molar-refractivity contribution is -0.166. The van der Waals surface area contributed by atoms with E-state index in [4.69, 9.17) is 0 Å². The van der Waals surface area contributed by atoms with E-state index in [1.807, 2.05) is 0 Å². The van der Waals surface area contributed by atoms with Gasteiger partial charge in [0.15, 0.2) is 6.61 Å². The van der Waals surface area contributed by atoms with Crippen LogP contribution in [-0.4, -0.2) is 37.6 Å². The first-order valence-corrected chi connectivity index (χ1v) is 6.67. The molecule has 0 atom stereocenters. The predicted molar refractivity (Wildman–Crippen MR) is 69.8 cm³/mol. The fourth-order valence-corrected chi connectivity index (χ4v) is 2.03. The summed E-state index contributed by atoms with van der Waals surface area (Å²) in [5, 5.41) is 0. The molecule has 0 saturated heterocycles. The van der Waals surface area contributed by atoms with Gasteiger partial charge in [-0.1, -0.05) is 12.8 Å². The van der Waals surface area contributed by atoms with Crippen LogP contribution in [0.1, 0.15) is 32.1 Å². The van der Waals surface area contributed by atoms with Crippen molar-refractivity contribution >= 4 is 23.9 Å². The van der Waals surface area contributed by atoms with Gasteiger partial charge >= 0.3 is 23.9 Å². The van der Waals surface area contributed by atoms with E-state index in [0.717, 1.165) is 44.9 Å². The Morgan fingerprint density at radius 2 is 1.62 bits per heavy atom. The van der Waals surface area contributed by atoms with Gasteiger partial charge in [-0.15, -0.1) is 0 Å². The van der Waals surface area contributed by atoms with E-state index < -0.39 is 30.5 Å². The largest absolute Gasteiger partial charge is 0.466 e. The molecule has 0 spiro atoms. The van der Waals surface area contributed by atoms with Crippen molar-refractivity contribution in [1.82, 2.24) is 0 Å². The minimum absolute atomic E-state index is 0.210. The molecule has 21 heavy (non-hydrogen) atoms. The van der Waals surface area contributed by atoms with Crippen LogP contribution in [0.3, 0.4) is 0 Å². The van der Waals surface area contributed by atoms with Crippen molar-refractivity contribution in [1.29, 1.82) is 0 Å².